The molecule has 13 nitrogen and oxygen atoms in total. The number of carbonyl (C=O) groups excluding carboxylic acids is 2. The molecule has 2 fully saturated rings. The van der Waals surface area contributed by atoms with E-state index in [0.29, 0.717) is 42.1 Å². The minimum atomic E-state index is -1.28. The number of imidazole rings is 1. The lowest BCUT2D eigenvalue weighted by Crippen LogP contribution is -2.60. The molecule has 0 unspecified atom stereocenters. The molecule has 4 N–H and O–H groups in total. The molecular weight excluding hydrogens is 564 g/mol. The highest BCUT2D eigenvalue weighted by Crippen LogP contribution is 2.36. The van der Waals surface area contributed by atoms with Gasteiger partial charge in [0, 0.05) is 23.3 Å². The molecule has 5 rings (SSSR count). The van der Waals surface area contributed by atoms with Gasteiger partial charge in [-0.25, -0.2) is 24.5 Å². The Bertz CT molecular complexity index is 1530. The number of aryl methyl sites for hydroxylation is 1. The molecule has 2 aromatic heterocycles. The van der Waals surface area contributed by atoms with Crippen LogP contribution in [0.15, 0.2) is 24.8 Å². The summed E-state index contributed by atoms with van der Waals surface area (Å²) in [6.45, 7) is 8.31. The number of ether oxygens (including phenoxy) is 1. The van der Waals surface area contributed by atoms with Gasteiger partial charge in [-0.2, -0.15) is 0 Å². The molecule has 0 bridgehead atoms. The van der Waals surface area contributed by atoms with Crippen molar-refractivity contribution >= 4 is 52.4 Å². The second-order valence-corrected chi connectivity index (χ2v) is 12.2. The fourth-order valence-corrected chi connectivity index (χ4v) is 5.47. The maximum atomic E-state index is 13.2. The van der Waals surface area contributed by atoms with Gasteiger partial charge in [-0.15, -0.1) is 0 Å². The summed E-state index contributed by atoms with van der Waals surface area (Å²) in [7, 11) is 0. The third kappa shape index (κ3) is 6.35. The number of halogens is 1. The zero-order valence-electron chi connectivity index (χ0n) is 24.0. The smallest absolute Gasteiger partial charge is 0.413 e. The van der Waals surface area contributed by atoms with Gasteiger partial charge in [-0.3, -0.25) is 10.1 Å². The van der Waals surface area contributed by atoms with E-state index in [-0.39, 0.29) is 24.3 Å². The van der Waals surface area contributed by atoms with Crippen LogP contribution in [0.3, 0.4) is 0 Å². The van der Waals surface area contributed by atoms with Crippen LogP contribution < -0.4 is 20.9 Å². The molecule has 1 aliphatic carbocycles. The van der Waals surface area contributed by atoms with E-state index in [2.05, 4.69) is 30.9 Å². The fraction of sp³-hybridized carbons (Fsp3) is 0.500. The molecule has 0 spiro atoms. The molecule has 42 heavy (non-hydrogen) atoms. The Morgan fingerprint density at radius 3 is 2.62 bits per heavy atom. The first-order valence-electron chi connectivity index (χ1n) is 13.9. The van der Waals surface area contributed by atoms with Gasteiger partial charge < -0.3 is 29.9 Å². The topological polar surface area (TPSA) is 164 Å². The van der Waals surface area contributed by atoms with Gasteiger partial charge in [0.2, 0.25) is 5.91 Å². The molecule has 3 aromatic rings. The normalized spacial score (nSPS) is 18.6. The van der Waals surface area contributed by atoms with Gasteiger partial charge in [0.15, 0.2) is 17.0 Å². The lowest BCUT2D eigenvalue weighted by atomic mass is 9.97. The molecule has 224 valence electrons. The molecule has 1 aliphatic heterocycles. The van der Waals surface area contributed by atoms with Crippen LogP contribution in [0.1, 0.15) is 58.1 Å². The molecule has 3 heterocycles. The van der Waals surface area contributed by atoms with E-state index in [4.69, 9.17) is 16.3 Å². The van der Waals surface area contributed by atoms with Gasteiger partial charge in [0.25, 0.3) is 0 Å². The highest BCUT2D eigenvalue weighted by Gasteiger charge is 2.48. The Kier molecular flexibility index (Phi) is 7.88. The van der Waals surface area contributed by atoms with Crippen LogP contribution in [-0.2, 0) is 22.5 Å². The number of amides is 3. The zero-order valence-corrected chi connectivity index (χ0v) is 24.8. The van der Waals surface area contributed by atoms with Crippen LogP contribution in [0.25, 0.3) is 11.2 Å². The number of carboxylic acid groups (broad SMARTS) is 1. The van der Waals surface area contributed by atoms with E-state index >= 15 is 0 Å². The van der Waals surface area contributed by atoms with Crippen molar-refractivity contribution in [1.82, 2.24) is 30.2 Å². The molecule has 0 radical (unpaired) electrons. The lowest BCUT2D eigenvalue weighted by Gasteiger charge is -2.30. The Morgan fingerprint density at radius 1 is 1.19 bits per heavy atom. The van der Waals surface area contributed by atoms with Crippen LogP contribution in [0.2, 0.25) is 5.02 Å². The quantitative estimate of drug-likeness (QED) is 0.301. The Balaban J connectivity index is 1.47. The van der Waals surface area contributed by atoms with E-state index < -0.39 is 23.3 Å². The molecule has 1 saturated heterocycles. The van der Waals surface area contributed by atoms with Gasteiger partial charge >= 0.3 is 12.2 Å². The van der Waals surface area contributed by atoms with E-state index in [0.717, 1.165) is 29.7 Å². The number of aromatic nitrogens is 4. The second-order valence-electron chi connectivity index (χ2n) is 11.7. The number of benzene rings is 1. The predicted octanol–water partition coefficient (Wildman–Crippen LogP) is 3.93. The number of nitrogens with one attached hydrogen (secondary N) is 3. The summed E-state index contributed by atoms with van der Waals surface area (Å²) < 4.78 is 7.20. The third-order valence-corrected chi connectivity index (χ3v) is 7.54. The first-order valence-corrected chi connectivity index (χ1v) is 14.3. The van der Waals surface area contributed by atoms with Crippen LogP contribution in [0, 0.1) is 0 Å². The summed E-state index contributed by atoms with van der Waals surface area (Å²) in [4.78, 5) is 52.5. The van der Waals surface area contributed by atoms with Crippen molar-refractivity contribution in [3.8, 4) is 0 Å². The lowest BCUT2D eigenvalue weighted by molar-refractivity contribution is -0.126. The SMILES string of the molecule is CCc1cc(Cl)cc(N2CC[C@](NC(=O)O)(C(=O)NC3CC3)C2)c1Cn1cnc2c(NC(=O)OC(C)(C)C)ncnc21. The average Bonchev–Trinajstić information content (AvgIpc) is 3.46. The number of carbonyl (C=O) groups is 3. The first kappa shape index (κ1) is 29.4. The minimum absolute atomic E-state index is 0.0960. The maximum absolute atomic E-state index is 13.2. The molecule has 2 aliphatic rings. The summed E-state index contributed by atoms with van der Waals surface area (Å²) in [6.07, 6.45) is 3.87. The van der Waals surface area contributed by atoms with Crippen molar-refractivity contribution in [2.45, 2.75) is 77.1 Å². The molecule has 1 atom stereocenters. The van der Waals surface area contributed by atoms with Crippen LogP contribution >= 0.6 is 11.6 Å². The van der Waals surface area contributed by atoms with Crippen molar-refractivity contribution < 1.29 is 24.2 Å². The largest absolute Gasteiger partial charge is 0.465 e. The second kappa shape index (κ2) is 11.3. The monoisotopic (exact) mass is 598 g/mol. The van der Waals surface area contributed by atoms with Crippen LogP contribution in [-0.4, -0.2) is 73.0 Å². The molecule has 3 amide bonds. The summed E-state index contributed by atoms with van der Waals surface area (Å²) >= 11 is 6.56. The highest BCUT2D eigenvalue weighted by molar-refractivity contribution is 6.31. The van der Waals surface area contributed by atoms with E-state index in [1.807, 2.05) is 28.5 Å². The number of hydrogen-bond acceptors (Lipinski definition) is 8. The predicted molar refractivity (Wildman–Crippen MR) is 157 cm³/mol. The highest BCUT2D eigenvalue weighted by atomic mass is 35.5. The van der Waals surface area contributed by atoms with Crippen molar-refractivity contribution in [2.75, 3.05) is 23.3 Å². The number of anilines is 2. The minimum Gasteiger partial charge on any atom is -0.465 e. The number of fused-ring (bicyclic) bond motifs is 1. The summed E-state index contributed by atoms with van der Waals surface area (Å²) in [5.41, 5.74) is 1.68. The third-order valence-electron chi connectivity index (χ3n) is 7.32. The Morgan fingerprint density at radius 2 is 1.95 bits per heavy atom. The van der Waals surface area contributed by atoms with Crippen molar-refractivity contribution in [1.29, 1.82) is 0 Å². The first-order chi connectivity index (χ1) is 19.9. The van der Waals surface area contributed by atoms with Gasteiger partial charge in [0.05, 0.1) is 19.4 Å². The molecule has 14 heteroatoms. The summed E-state index contributed by atoms with van der Waals surface area (Å²) in [6, 6.07) is 3.84. The Hall–Kier alpha value is -4.13. The number of hydrogen-bond donors (Lipinski definition) is 4. The van der Waals surface area contributed by atoms with E-state index in [1.54, 1.807) is 27.1 Å². The average molecular weight is 599 g/mol. The van der Waals surface area contributed by atoms with Crippen LogP contribution in [0.4, 0.5) is 21.1 Å². The van der Waals surface area contributed by atoms with Crippen molar-refractivity contribution in [3.63, 3.8) is 0 Å². The van der Waals surface area contributed by atoms with Gasteiger partial charge in [0.1, 0.15) is 17.5 Å². The van der Waals surface area contributed by atoms with Crippen molar-refractivity contribution in [2.24, 2.45) is 0 Å². The summed E-state index contributed by atoms with van der Waals surface area (Å²) in [5, 5.41) is 18.3. The fourth-order valence-electron chi connectivity index (χ4n) is 5.23. The van der Waals surface area contributed by atoms with E-state index in [1.165, 1.54) is 6.33 Å². The number of nitrogens with zero attached hydrogens (tertiary/aromatic N) is 5. The molecular formula is C28H35ClN8O5. The zero-order chi connectivity index (χ0) is 30.2. The van der Waals surface area contributed by atoms with E-state index in [9.17, 15) is 19.5 Å². The van der Waals surface area contributed by atoms with Crippen molar-refractivity contribution in [3.05, 3.63) is 40.9 Å². The molecule has 1 aromatic carbocycles. The Labute approximate surface area is 248 Å². The standard InChI is InChI=1S/C28H35ClN8O5/c1-5-16-10-17(29)11-20(36-9-8-28(13-36,35-25(39)40)24(38)33-18-6-7-18)19(16)12-37-15-32-21-22(30-14-31-23(21)37)34-26(41)42-27(2,3)4/h10-11,14-15,18,35H,5-9,12-13H2,1-4H3,(H,33,38)(H,39,40)(H,30,31,34,41)/t28-/m1/s1. The van der Waals surface area contributed by atoms with Gasteiger partial charge in [-0.1, -0.05) is 18.5 Å². The molecule has 1 saturated carbocycles. The number of rotatable bonds is 8. The van der Waals surface area contributed by atoms with Crippen LogP contribution in [0.5, 0.6) is 0 Å². The summed E-state index contributed by atoms with van der Waals surface area (Å²) in [5.74, 6) is -0.0812. The maximum Gasteiger partial charge on any atom is 0.413 e. The van der Waals surface area contributed by atoms with Gasteiger partial charge in [-0.05, 0) is 69.7 Å².